The van der Waals surface area contributed by atoms with Crippen molar-refractivity contribution in [1.82, 2.24) is 14.8 Å². The Kier molecular flexibility index (Phi) is 5.10. The van der Waals surface area contributed by atoms with Gasteiger partial charge in [-0.05, 0) is 44.2 Å². The van der Waals surface area contributed by atoms with Gasteiger partial charge in [0.15, 0.2) is 5.16 Å². The fourth-order valence-corrected chi connectivity index (χ4v) is 4.01. The number of nitrogens with one attached hydrogen (secondary N) is 1. The molecule has 0 atom stereocenters. The van der Waals surface area contributed by atoms with Gasteiger partial charge in [0.2, 0.25) is 11.9 Å². The number of halogens is 1. The first-order chi connectivity index (χ1) is 12.7. The maximum absolute atomic E-state index is 13.6. The first-order valence-electron chi connectivity index (χ1n) is 9.09. The number of carbonyl (C=O) groups excluding carboxylic acids is 1. The summed E-state index contributed by atoms with van der Waals surface area (Å²) in [5, 5.41) is 12.1. The molecule has 1 aliphatic heterocycles. The van der Waals surface area contributed by atoms with Crippen LogP contribution in [-0.2, 0) is 4.79 Å². The molecule has 2 aliphatic rings. The van der Waals surface area contributed by atoms with Crippen LogP contribution in [0.3, 0.4) is 0 Å². The Morgan fingerprint density at radius 1 is 1.19 bits per heavy atom. The normalized spacial score (nSPS) is 17.3. The molecule has 1 amide bonds. The van der Waals surface area contributed by atoms with Crippen molar-refractivity contribution in [1.29, 1.82) is 0 Å². The number of benzene rings is 1. The van der Waals surface area contributed by atoms with Crippen LogP contribution in [0, 0.1) is 5.82 Å². The summed E-state index contributed by atoms with van der Waals surface area (Å²) in [7, 11) is 0. The van der Waals surface area contributed by atoms with Gasteiger partial charge in [-0.3, -0.25) is 9.36 Å². The Hall–Kier alpha value is -2.09. The molecule has 1 saturated heterocycles. The minimum Gasteiger partial charge on any atom is -0.341 e. The van der Waals surface area contributed by atoms with E-state index in [9.17, 15) is 9.18 Å². The van der Waals surface area contributed by atoms with Gasteiger partial charge in [0.25, 0.3) is 0 Å². The third-order valence-electron chi connectivity index (χ3n) is 4.68. The molecule has 0 unspecified atom stereocenters. The Balaban J connectivity index is 1.42. The highest BCUT2D eigenvalue weighted by molar-refractivity contribution is 7.99. The van der Waals surface area contributed by atoms with Crippen molar-refractivity contribution in [3.05, 3.63) is 30.1 Å². The number of hydrogen-bond donors (Lipinski definition) is 1. The molecule has 4 rings (SSSR count). The standard InChI is InChI=1S/C18H22FN5OS/c19-14-6-2-3-7-15(14)20-16(25)12-26-18-22-21-17(24(18)13-8-9-13)23-10-4-1-5-11-23/h2-3,6-7,13H,1,4-5,8-12H2,(H,20,25). The third kappa shape index (κ3) is 3.85. The number of rotatable bonds is 6. The number of nitrogens with zero attached hydrogens (tertiary/aromatic N) is 4. The van der Waals surface area contributed by atoms with Gasteiger partial charge in [-0.15, -0.1) is 10.2 Å². The minimum absolute atomic E-state index is 0.180. The van der Waals surface area contributed by atoms with Crippen molar-refractivity contribution in [2.75, 3.05) is 29.1 Å². The van der Waals surface area contributed by atoms with Crippen LogP contribution in [0.25, 0.3) is 0 Å². The number of piperidine rings is 1. The van der Waals surface area contributed by atoms with Crippen LogP contribution < -0.4 is 10.2 Å². The van der Waals surface area contributed by atoms with E-state index in [-0.39, 0.29) is 17.3 Å². The number of amides is 1. The molecule has 1 N–H and O–H groups in total. The SMILES string of the molecule is O=C(CSc1nnc(N2CCCCC2)n1C1CC1)Nc1ccccc1F. The lowest BCUT2D eigenvalue weighted by Gasteiger charge is -2.27. The summed E-state index contributed by atoms with van der Waals surface area (Å²) in [6.07, 6.45) is 5.91. The quantitative estimate of drug-likeness (QED) is 0.784. The van der Waals surface area contributed by atoms with Crippen LogP contribution in [0.2, 0.25) is 0 Å². The van der Waals surface area contributed by atoms with Gasteiger partial charge in [0, 0.05) is 19.1 Å². The van der Waals surface area contributed by atoms with Crippen molar-refractivity contribution in [3.8, 4) is 0 Å². The predicted molar refractivity (Wildman–Crippen MR) is 100 cm³/mol. The molecular formula is C18H22FN5OS. The second kappa shape index (κ2) is 7.65. The summed E-state index contributed by atoms with van der Waals surface area (Å²) in [4.78, 5) is 14.5. The first-order valence-corrected chi connectivity index (χ1v) is 10.1. The van der Waals surface area contributed by atoms with Crippen LogP contribution in [-0.4, -0.2) is 39.5 Å². The average Bonchev–Trinajstić information content (AvgIpc) is 3.42. The number of hydrogen-bond acceptors (Lipinski definition) is 5. The monoisotopic (exact) mass is 375 g/mol. The Labute approximate surface area is 156 Å². The average molecular weight is 375 g/mol. The molecule has 0 bridgehead atoms. The van der Waals surface area contributed by atoms with Crippen molar-refractivity contribution in [2.45, 2.75) is 43.3 Å². The van der Waals surface area contributed by atoms with Gasteiger partial charge in [0.1, 0.15) is 5.82 Å². The number of aromatic nitrogens is 3. The van der Waals surface area contributed by atoms with Gasteiger partial charge >= 0.3 is 0 Å². The molecule has 1 aromatic heterocycles. The van der Waals surface area contributed by atoms with Crippen LogP contribution in [0.4, 0.5) is 16.0 Å². The molecule has 1 saturated carbocycles. The second-order valence-corrected chi connectivity index (χ2v) is 7.69. The van der Waals surface area contributed by atoms with E-state index in [1.54, 1.807) is 18.2 Å². The van der Waals surface area contributed by atoms with E-state index in [1.165, 1.54) is 37.1 Å². The predicted octanol–water partition coefficient (Wildman–Crippen LogP) is 3.47. The third-order valence-corrected chi connectivity index (χ3v) is 5.62. The summed E-state index contributed by atoms with van der Waals surface area (Å²) >= 11 is 1.36. The van der Waals surface area contributed by atoms with Crippen LogP contribution in [0.5, 0.6) is 0 Å². The van der Waals surface area contributed by atoms with E-state index in [2.05, 4.69) is 25.0 Å². The van der Waals surface area contributed by atoms with Gasteiger partial charge in [-0.1, -0.05) is 23.9 Å². The number of thioether (sulfide) groups is 1. The molecule has 1 aliphatic carbocycles. The first kappa shape index (κ1) is 17.3. The maximum Gasteiger partial charge on any atom is 0.234 e. The summed E-state index contributed by atoms with van der Waals surface area (Å²) in [5.41, 5.74) is 0.204. The van der Waals surface area contributed by atoms with Crippen LogP contribution in [0.15, 0.2) is 29.4 Å². The molecule has 2 fully saturated rings. The summed E-state index contributed by atoms with van der Waals surface area (Å²) < 4.78 is 15.8. The van der Waals surface area contributed by atoms with E-state index in [0.29, 0.717) is 6.04 Å². The van der Waals surface area contributed by atoms with Gasteiger partial charge in [0.05, 0.1) is 11.4 Å². The lowest BCUT2D eigenvalue weighted by molar-refractivity contribution is -0.113. The molecule has 8 heteroatoms. The lowest BCUT2D eigenvalue weighted by Crippen LogP contribution is -2.32. The van der Waals surface area contributed by atoms with E-state index in [0.717, 1.165) is 37.0 Å². The second-order valence-electron chi connectivity index (χ2n) is 6.75. The molecule has 138 valence electrons. The molecule has 1 aromatic carbocycles. The van der Waals surface area contributed by atoms with E-state index >= 15 is 0 Å². The molecule has 2 aromatic rings. The summed E-state index contributed by atoms with van der Waals surface area (Å²) in [6.45, 7) is 2.03. The topological polar surface area (TPSA) is 63.1 Å². The van der Waals surface area contributed by atoms with Gasteiger partial charge < -0.3 is 10.2 Å². The molecule has 6 nitrogen and oxygen atoms in total. The zero-order chi connectivity index (χ0) is 17.9. The van der Waals surface area contributed by atoms with Gasteiger partial charge in [-0.2, -0.15) is 0 Å². The molecule has 2 heterocycles. The van der Waals surface area contributed by atoms with E-state index in [1.807, 2.05) is 0 Å². The fourth-order valence-electron chi connectivity index (χ4n) is 3.21. The molecular weight excluding hydrogens is 353 g/mol. The lowest BCUT2D eigenvalue weighted by atomic mass is 10.1. The Morgan fingerprint density at radius 3 is 2.69 bits per heavy atom. The van der Waals surface area contributed by atoms with Crippen LogP contribution >= 0.6 is 11.8 Å². The smallest absolute Gasteiger partial charge is 0.234 e. The molecule has 0 radical (unpaired) electrons. The van der Waals surface area contributed by atoms with E-state index in [4.69, 9.17) is 0 Å². The molecule has 0 spiro atoms. The van der Waals surface area contributed by atoms with Crippen molar-refractivity contribution >= 4 is 29.3 Å². The summed E-state index contributed by atoms with van der Waals surface area (Å²) in [6, 6.07) is 6.62. The van der Waals surface area contributed by atoms with Gasteiger partial charge in [-0.25, -0.2) is 4.39 Å². The Bertz CT molecular complexity index is 786. The largest absolute Gasteiger partial charge is 0.341 e. The highest BCUT2D eigenvalue weighted by Crippen LogP contribution is 2.41. The van der Waals surface area contributed by atoms with Crippen LogP contribution in [0.1, 0.15) is 38.1 Å². The highest BCUT2D eigenvalue weighted by atomic mass is 32.2. The Morgan fingerprint density at radius 2 is 1.96 bits per heavy atom. The van der Waals surface area contributed by atoms with Crippen molar-refractivity contribution in [3.63, 3.8) is 0 Å². The van der Waals surface area contributed by atoms with E-state index < -0.39 is 5.82 Å². The number of carbonyl (C=O) groups is 1. The maximum atomic E-state index is 13.6. The fraction of sp³-hybridized carbons (Fsp3) is 0.500. The molecule has 26 heavy (non-hydrogen) atoms. The minimum atomic E-state index is -0.431. The van der Waals surface area contributed by atoms with Crippen molar-refractivity contribution < 1.29 is 9.18 Å². The number of anilines is 2. The zero-order valence-electron chi connectivity index (χ0n) is 14.5. The highest BCUT2D eigenvalue weighted by Gasteiger charge is 2.32. The van der Waals surface area contributed by atoms with Crippen molar-refractivity contribution in [2.24, 2.45) is 0 Å². The number of para-hydroxylation sites is 1. The summed E-state index contributed by atoms with van der Waals surface area (Å²) in [5.74, 6) is 0.438. The zero-order valence-corrected chi connectivity index (χ0v) is 15.3.